The number of hydrogen-bond donors (Lipinski definition) is 1. The lowest BCUT2D eigenvalue weighted by Crippen LogP contribution is -2.48. The molecule has 0 radical (unpaired) electrons. The molecule has 0 amide bonds. The summed E-state index contributed by atoms with van der Waals surface area (Å²) in [5.74, 6) is -9.48. The van der Waals surface area contributed by atoms with E-state index in [2.05, 4.69) is 0 Å². The van der Waals surface area contributed by atoms with E-state index in [0.29, 0.717) is 6.42 Å². The largest absolute Gasteiger partial charge is 0.365 e. The highest BCUT2D eigenvalue weighted by molar-refractivity contribution is 5.51. The Labute approximate surface area is 107 Å². The minimum absolute atomic E-state index is 0.0551. The fourth-order valence-corrected chi connectivity index (χ4v) is 2.17. The molecule has 0 bridgehead atoms. The number of anilines is 1. The Kier molecular flexibility index (Phi) is 3.66. The lowest BCUT2D eigenvalue weighted by atomic mass is 9.94. The summed E-state index contributed by atoms with van der Waals surface area (Å²) in [4.78, 5) is 1.11. The number of hydrogen-bond acceptors (Lipinski definition) is 2. The second kappa shape index (κ2) is 4.96. The molecular formula is C12H13F5N2. The van der Waals surface area contributed by atoms with Gasteiger partial charge >= 0.3 is 0 Å². The SMILES string of the molecule is CC1CCN(c2c(F)c(F)c(F)c(F)c2F)CC1N. The van der Waals surface area contributed by atoms with Crippen LogP contribution in [0, 0.1) is 35.0 Å². The van der Waals surface area contributed by atoms with Gasteiger partial charge in [-0.3, -0.25) is 0 Å². The van der Waals surface area contributed by atoms with Gasteiger partial charge in [0.1, 0.15) is 5.69 Å². The second-order valence-electron chi connectivity index (χ2n) is 4.79. The number of halogens is 5. The third-order valence-electron chi connectivity index (χ3n) is 3.52. The van der Waals surface area contributed by atoms with Crippen molar-refractivity contribution in [3.63, 3.8) is 0 Å². The number of rotatable bonds is 1. The smallest absolute Gasteiger partial charge is 0.200 e. The molecular weight excluding hydrogens is 267 g/mol. The first kappa shape index (κ1) is 14.0. The standard InChI is InChI=1S/C12H13F5N2/c1-5-2-3-19(4-6(5)18)12-10(16)8(14)7(13)9(15)11(12)17/h5-6H,2-4,18H2,1H3. The topological polar surface area (TPSA) is 29.3 Å². The Morgan fingerprint density at radius 1 is 0.947 bits per heavy atom. The molecule has 2 nitrogen and oxygen atoms in total. The van der Waals surface area contributed by atoms with Gasteiger partial charge in [-0.15, -0.1) is 0 Å². The van der Waals surface area contributed by atoms with Gasteiger partial charge < -0.3 is 10.6 Å². The number of nitrogens with two attached hydrogens (primary N) is 1. The van der Waals surface area contributed by atoms with Crippen LogP contribution in [-0.2, 0) is 0 Å². The second-order valence-corrected chi connectivity index (χ2v) is 4.79. The lowest BCUT2D eigenvalue weighted by Gasteiger charge is -2.36. The summed E-state index contributed by atoms with van der Waals surface area (Å²) in [6, 6.07) is -0.372. The molecule has 2 N–H and O–H groups in total. The van der Waals surface area contributed by atoms with Crippen molar-refractivity contribution in [2.24, 2.45) is 11.7 Å². The van der Waals surface area contributed by atoms with Crippen LogP contribution in [-0.4, -0.2) is 19.1 Å². The van der Waals surface area contributed by atoms with E-state index in [9.17, 15) is 22.0 Å². The van der Waals surface area contributed by atoms with Gasteiger partial charge in [0.25, 0.3) is 0 Å². The Hall–Kier alpha value is -1.37. The molecule has 1 aromatic rings. The number of benzene rings is 1. The maximum atomic E-state index is 13.6. The Balaban J connectivity index is 2.46. The molecule has 1 fully saturated rings. The van der Waals surface area contributed by atoms with E-state index in [1.54, 1.807) is 0 Å². The van der Waals surface area contributed by atoms with Crippen LogP contribution in [0.2, 0.25) is 0 Å². The summed E-state index contributed by atoms with van der Waals surface area (Å²) in [6.07, 6.45) is 0.528. The van der Waals surface area contributed by atoms with Gasteiger partial charge in [-0.05, 0) is 12.3 Å². The fourth-order valence-electron chi connectivity index (χ4n) is 2.17. The van der Waals surface area contributed by atoms with Gasteiger partial charge in [0.2, 0.25) is 5.82 Å². The Morgan fingerprint density at radius 2 is 1.42 bits per heavy atom. The van der Waals surface area contributed by atoms with Crippen LogP contribution in [0.3, 0.4) is 0 Å². The number of piperidine rings is 1. The summed E-state index contributed by atoms with van der Waals surface area (Å²) < 4.78 is 66.4. The molecule has 2 unspecified atom stereocenters. The average molecular weight is 280 g/mol. The minimum atomic E-state index is -2.14. The van der Waals surface area contributed by atoms with E-state index in [4.69, 9.17) is 5.73 Å². The van der Waals surface area contributed by atoms with E-state index in [1.165, 1.54) is 0 Å². The van der Waals surface area contributed by atoms with Gasteiger partial charge in [0.15, 0.2) is 23.3 Å². The molecule has 1 saturated heterocycles. The zero-order valence-corrected chi connectivity index (χ0v) is 10.2. The van der Waals surface area contributed by atoms with Crippen LogP contribution in [0.5, 0.6) is 0 Å². The van der Waals surface area contributed by atoms with Gasteiger partial charge in [0.05, 0.1) is 0 Å². The molecule has 106 valence electrons. The van der Waals surface area contributed by atoms with Gasteiger partial charge in [0, 0.05) is 19.1 Å². The molecule has 0 spiro atoms. The molecule has 2 rings (SSSR count). The maximum absolute atomic E-state index is 13.6. The molecule has 0 saturated carbocycles. The van der Waals surface area contributed by atoms with E-state index in [0.717, 1.165) is 4.90 Å². The van der Waals surface area contributed by atoms with Crippen molar-refractivity contribution in [1.29, 1.82) is 0 Å². The molecule has 1 heterocycles. The highest BCUT2D eigenvalue weighted by Gasteiger charge is 2.32. The van der Waals surface area contributed by atoms with E-state index >= 15 is 0 Å². The molecule has 19 heavy (non-hydrogen) atoms. The first-order chi connectivity index (χ1) is 8.84. The summed E-state index contributed by atoms with van der Waals surface area (Å²) in [7, 11) is 0. The minimum Gasteiger partial charge on any atom is -0.365 e. The van der Waals surface area contributed by atoms with Gasteiger partial charge in [-0.2, -0.15) is 0 Å². The summed E-state index contributed by atoms with van der Waals surface area (Å²) in [5, 5.41) is 0. The fraction of sp³-hybridized carbons (Fsp3) is 0.500. The van der Waals surface area contributed by atoms with E-state index in [1.807, 2.05) is 6.92 Å². The third kappa shape index (κ3) is 2.27. The number of nitrogens with zero attached hydrogens (tertiary/aromatic N) is 1. The van der Waals surface area contributed by atoms with Crippen molar-refractivity contribution >= 4 is 5.69 Å². The van der Waals surface area contributed by atoms with Crippen molar-refractivity contribution in [2.45, 2.75) is 19.4 Å². The van der Waals surface area contributed by atoms with Crippen LogP contribution in [0.1, 0.15) is 13.3 Å². The van der Waals surface area contributed by atoms with Crippen LogP contribution in [0.4, 0.5) is 27.6 Å². The highest BCUT2D eigenvalue weighted by atomic mass is 19.2. The molecule has 1 aromatic carbocycles. The predicted octanol–water partition coefficient (Wildman–Crippen LogP) is 2.56. The van der Waals surface area contributed by atoms with Crippen molar-refractivity contribution in [2.75, 3.05) is 18.0 Å². The van der Waals surface area contributed by atoms with E-state index in [-0.39, 0.29) is 25.0 Å². The highest BCUT2D eigenvalue weighted by Crippen LogP contribution is 2.32. The zero-order valence-electron chi connectivity index (χ0n) is 10.2. The molecule has 0 aromatic heterocycles. The van der Waals surface area contributed by atoms with Gasteiger partial charge in [-0.1, -0.05) is 6.92 Å². The van der Waals surface area contributed by atoms with Crippen molar-refractivity contribution in [3.8, 4) is 0 Å². The maximum Gasteiger partial charge on any atom is 0.200 e. The monoisotopic (exact) mass is 280 g/mol. The quantitative estimate of drug-likeness (QED) is 0.486. The van der Waals surface area contributed by atoms with Crippen LogP contribution in [0.15, 0.2) is 0 Å². The van der Waals surface area contributed by atoms with Crippen molar-refractivity contribution in [1.82, 2.24) is 0 Å². The average Bonchev–Trinajstić information content (AvgIpc) is 2.38. The molecule has 1 aliphatic heterocycles. The van der Waals surface area contributed by atoms with Crippen LogP contribution >= 0.6 is 0 Å². The third-order valence-corrected chi connectivity index (χ3v) is 3.52. The normalized spacial score (nSPS) is 23.8. The van der Waals surface area contributed by atoms with Crippen LogP contribution < -0.4 is 10.6 Å². The Bertz CT molecular complexity index is 476. The molecule has 1 aliphatic rings. The first-order valence-electron chi connectivity index (χ1n) is 5.86. The molecule has 7 heteroatoms. The zero-order chi connectivity index (χ0) is 14.3. The van der Waals surface area contributed by atoms with Gasteiger partial charge in [-0.25, -0.2) is 22.0 Å². The van der Waals surface area contributed by atoms with E-state index < -0.39 is 34.8 Å². The van der Waals surface area contributed by atoms with Crippen molar-refractivity contribution < 1.29 is 22.0 Å². The Morgan fingerprint density at radius 3 is 1.89 bits per heavy atom. The predicted molar refractivity (Wildman–Crippen MR) is 60.2 cm³/mol. The first-order valence-corrected chi connectivity index (χ1v) is 5.86. The molecule has 0 aliphatic carbocycles. The van der Waals surface area contributed by atoms with Crippen LogP contribution in [0.25, 0.3) is 0 Å². The van der Waals surface area contributed by atoms with Crippen molar-refractivity contribution in [3.05, 3.63) is 29.1 Å². The summed E-state index contributed by atoms with van der Waals surface area (Å²) in [5.41, 5.74) is 4.87. The lowest BCUT2D eigenvalue weighted by molar-refractivity contribution is 0.355. The summed E-state index contributed by atoms with van der Waals surface area (Å²) in [6.45, 7) is 2.13. The summed E-state index contributed by atoms with van der Waals surface area (Å²) >= 11 is 0. The molecule has 2 atom stereocenters.